The number of rotatable bonds is 12. The number of aliphatic hydroxyl groups excluding tert-OH is 1. The summed E-state index contributed by atoms with van der Waals surface area (Å²) in [5.74, 6) is -0.483. The van der Waals surface area contributed by atoms with E-state index < -0.39 is 23.5 Å². The molecule has 11 nitrogen and oxygen atoms in total. The Bertz CT molecular complexity index is 1850. The van der Waals surface area contributed by atoms with Gasteiger partial charge in [0.1, 0.15) is 0 Å². The molecule has 6 rings (SSSR count). The van der Waals surface area contributed by atoms with Gasteiger partial charge in [-0.2, -0.15) is 26.3 Å². The molecule has 2 aromatic rings. The normalized spacial score (nSPS) is 20.6. The van der Waals surface area contributed by atoms with E-state index in [1.54, 1.807) is 16.7 Å². The average molecular weight is 1030 g/mol. The zero-order valence-corrected chi connectivity index (χ0v) is 46.7. The van der Waals surface area contributed by atoms with Crippen LogP contribution in [-0.2, 0) is 57.4 Å². The van der Waals surface area contributed by atoms with Crippen LogP contribution in [0.1, 0.15) is 189 Å². The second-order valence-corrected chi connectivity index (χ2v) is 18.4. The largest absolute Gasteiger partial charge is 0.466 e. The molecule has 2 aliphatic heterocycles. The number of carbonyl (C=O) groups is 3. The van der Waals surface area contributed by atoms with Crippen LogP contribution >= 0.6 is 0 Å². The van der Waals surface area contributed by atoms with Crippen molar-refractivity contribution in [2.45, 2.75) is 218 Å². The van der Waals surface area contributed by atoms with Crippen molar-refractivity contribution in [3.05, 3.63) is 58.2 Å². The number of nitrogens with one attached hydrogen (secondary N) is 2. The van der Waals surface area contributed by atoms with Crippen LogP contribution in [0.2, 0.25) is 0 Å². The number of nitrogens with zero attached hydrogens (tertiary/aromatic N) is 4. The van der Waals surface area contributed by atoms with Crippen LogP contribution in [0.3, 0.4) is 0 Å². The molecule has 4 heterocycles. The van der Waals surface area contributed by atoms with Crippen LogP contribution in [0.25, 0.3) is 0 Å². The van der Waals surface area contributed by atoms with Crippen LogP contribution < -0.4 is 10.6 Å². The molecule has 2 amide bonds. The third-order valence-corrected chi connectivity index (χ3v) is 12.9. The molecule has 17 heteroatoms. The lowest BCUT2D eigenvalue weighted by Crippen LogP contribution is -2.45. The van der Waals surface area contributed by atoms with E-state index in [9.17, 15) is 45.8 Å². The second-order valence-electron chi connectivity index (χ2n) is 18.4. The van der Waals surface area contributed by atoms with E-state index in [-0.39, 0.29) is 91.2 Å². The number of aliphatic hydroxyl groups is 1. The number of ether oxygens (including phenoxy) is 1. The summed E-state index contributed by atoms with van der Waals surface area (Å²) in [7, 11) is 0. The lowest BCUT2D eigenvalue weighted by atomic mass is 9.88. The molecule has 8 unspecified atom stereocenters. The van der Waals surface area contributed by atoms with E-state index in [2.05, 4.69) is 34.4 Å². The number of alkyl halides is 6. The van der Waals surface area contributed by atoms with Crippen LogP contribution in [-0.4, -0.2) is 93.1 Å². The first-order valence-corrected chi connectivity index (χ1v) is 27.1. The van der Waals surface area contributed by atoms with Crippen molar-refractivity contribution < 1.29 is 50.6 Å². The predicted molar refractivity (Wildman–Crippen MR) is 277 cm³/mol. The number of halogens is 6. The maximum absolute atomic E-state index is 13.1. The number of hydrogen-bond donors (Lipinski definition) is 3. The molecular formula is C55H94F6N6O5. The summed E-state index contributed by atoms with van der Waals surface area (Å²) in [6.07, 6.45) is -0.357. The molecule has 3 N–H and O–H groups in total. The lowest BCUT2D eigenvalue weighted by molar-refractivity contribution is -0.151. The van der Waals surface area contributed by atoms with Gasteiger partial charge in [-0.15, -0.1) is 0 Å². The number of aromatic nitrogens is 2. The Morgan fingerprint density at radius 1 is 0.667 bits per heavy atom. The number of esters is 1. The quantitative estimate of drug-likeness (QED) is 0.140. The maximum atomic E-state index is 13.1. The average Bonchev–Trinajstić information content (AvgIpc) is 4.05. The smallest absolute Gasteiger partial charge is 0.417 e. The van der Waals surface area contributed by atoms with Gasteiger partial charge in [-0.3, -0.25) is 24.4 Å². The standard InChI is InChI=1S/C24H34F3N3O3.C20H28F3N3O2.C3H8.4C2H6/c1-5-33-23(32)21(14(2)3)15(4)29-19-7-6-16(11-19)22(31)30-9-8-20-17(13-30)10-18(12-28-20)24(25,26)27;1-12(11-27)13(2)25-17-4-3-14(8-17)19(28)26-6-5-18-15(10-26)7-16(9-24-18)20(21,22)23;1-3-2;4*1-2/h10,12,14-16,19,21,29H,5-9,11,13H2,1-4H3;7,9,12-14,17,25,27H,3-6,8,10-11H2,1-2H3;3H2,1-2H3;4*1-2H3. The van der Waals surface area contributed by atoms with Crippen LogP contribution in [0.4, 0.5) is 26.3 Å². The molecule has 0 aromatic carbocycles. The zero-order chi connectivity index (χ0) is 55.5. The van der Waals surface area contributed by atoms with Crippen molar-refractivity contribution in [1.29, 1.82) is 0 Å². The molecule has 0 saturated heterocycles. The number of carbonyl (C=O) groups excluding carboxylic acids is 3. The summed E-state index contributed by atoms with van der Waals surface area (Å²) in [6, 6.07) is 2.66. The van der Waals surface area contributed by atoms with Gasteiger partial charge in [0.15, 0.2) is 0 Å². The zero-order valence-electron chi connectivity index (χ0n) is 46.7. The Labute approximate surface area is 429 Å². The Morgan fingerprint density at radius 3 is 1.38 bits per heavy atom. The Hall–Kier alpha value is -3.83. The van der Waals surface area contributed by atoms with Crippen molar-refractivity contribution in [2.75, 3.05) is 26.3 Å². The molecule has 2 fully saturated rings. The van der Waals surface area contributed by atoms with Gasteiger partial charge in [0, 0.05) is 105 Å². The van der Waals surface area contributed by atoms with Crippen LogP contribution in [0, 0.1) is 29.6 Å². The minimum atomic E-state index is -4.45. The fraction of sp³-hybridized carbons (Fsp3) is 0.764. The highest BCUT2D eigenvalue weighted by Crippen LogP contribution is 2.35. The van der Waals surface area contributed by atoms with Crippen molar-refractivity contribution in [3.63, 3.8) is 0 Å². The van der Waals surface area contributed by atoms with Gasteiger partial charge in [0.05, 0.1) is 23.7 Å². The summed E-state index contributed by atoms with van der Waals surface area (Å²) < 4.78 is 83.2. The fourth-order valence-corrected chi connectivity index (χ4v) is 9.23. The van der Waals surface area contributed by atoms with Gasteiger partial charge < -0.3 is 30.3 Å². The number of pyridine rings is 2. The topological polar surface area (TPSA) is 137 Å². The molecule has 416 valence electrons. The van der Waals surface area contributed by atoms with E-state index in [1.165, 1.54) is 6.42 Å². The van der Waals surface area contributed by atoms with E-state index in [1.807, 2.05) is 90.0 Å². The maximum Gasteiger partial charge on any atom is 0.417 e. The van der Waals surface area contributed by atoms with E-state index in [0.29, 0.717) is 61.5 Å². The van der Waals surface area contributed by atoms with Crippen molar-refractivity contribution >= 4 is 17.8 Å². The first-order chi connectivity index (χ1) is 34.1. The molecule has 2 saturated carbocycles. The molecule has 2 aromatic heterocycles. The highest BCUT2D eigenvalue weighted by Gasteiger charge is 2.39. The molecule has 8 atom stereocenters. The molecule has 2 aliphatic carbocycles. The second kappa shape index (κ2) is 34.6. The SMILES string of the molecule is CC.CC.CC.CC.CC(CO)C(C)NC1CCC(C(=O)N2CCc3ncc(C(F)(F)F)cc3C2)C1.CCC.CCOC(=O)C(C(C)C)C(C)NC1CCC(C(=O)N2CCc3ncc(C(F)(F)F)cc3C2)C1. The third kappa shape index (κ3) is 21.2. The first-order valence-electron chi connectivity index (χ1n) is 27.1. The summed E-state index contributed by atoms with van der Waals surface area (Å²) in [5, 5.41) is 16.3. The van der Waals surface area contributed by atoms with Crippen LogP contribution in [0.5, 0.6) is 0 Å². The number of hydrogen-bond acceptors (Lipinski definition) is 9. The summed E-state index contributed by atoms with van der Waals surface area (Å²) in [6.45, 7) is 33.8. The molecule has 72 heavy (non-hydrogen) atoms. The summed E-state index contributed by atoms with van der Waals surface area (Å²) >= 11 is 0. The van der Waals surface area contributed by atoms with Crippen molar-refractivity contribution in [2.24, 2.45) is 29.6 Å². The number of fused-ring (bicyclic) bond motifs is 2. The van der Waals surface area contributed by atoms with E-state index >= 15 is 0 Å². The van der Waals surface area contributed by atoms with E-state index in [4.69, 9.17) is 4.74 Å². The monoisotopic (exact) mass is 1030 g/mol. The van der Waals surface area contributed by atoms with Gasteiger partial charge in [0.25, 0.3) is 0 Å². The summed E-state index contributed by atoms with van der Waals surface area (Å²) in [4.78, 5) is 49.7. The van der Waals surface area contributed by atoms with Gasteiger partial charge >= 0.3 is 18.3 Å². The predicted octanol–water partition coefficient (Wildman–Crippen LogP) is 12.2. The Morgan fingerprint density at radius 2 is 1.04 bits per heavy atom. The highest BCUT2D eigenvalue weighted by atomic mass is 19.4. The molecular weight excluding hydrogens is 939 g/mol. The molecule has 0 spiro atoms. The minimum absolute atomic E-state index is 0.0131. The fourth-order valence-electron chi connectivity index (χ4n) is 9.23. The molecule has 4 aliphatic rings. The van der Waals surface area contributed by atoms with Crippen LogP contribution in [0.15, 0.2) is 24.5 Å². The molecule has 0 bridgehead atoms. The Kier molecular flexibility index (Phi) is 32.8. The summed E-state index contributed by atoms with van der Waals surface area (Å²) in [5.41, 5.74) is 0.696. The molecule has 0 radical (unpaired) electrons. The first kappa shape index (κ1) is 68.2. The lowest BCUT2D eigenvalue weighted by Gasteiger charge is -2.31. The third-order valence-electron chi connectivity index (χ3n) is 12.9. The van der Waals surface area contributed by atoms with E-state index in [0.717, 1.165) is 56.6 Å². The van der Waals surface area contributed by atoms with Crippen molar-refractivity contribution in [1.82, 2.24) is 30.4 Å². The minimum Gasteiger partial charge on any atom is -0.466 e. The Balaban J connectivity index is 0.00000118. The van der Waals surface area contributed by atoms with Gasteiger partial charge in [-0.25, -0.2) is 0 Å². The number of amides is 2. The van der Waals surface area contributed by atoms with Crippen molar-refractivity contribution in [3.8, 4) is 0 Å². The van der Waals surface area contributed by atoms with Gasteiger partial charge in [-0.05, 0) is 94.4 Å². The highest BCUT2D eigenvalue weighted by molar-refractivity contribution is 5.80. The van der Waals surface area contributed by atoms with Gasteiger partial charge in [-0.1, -0.05) is 96.4 Å². The van der Waals surface area contributed by atoms with Gasteiger partial charge in [0.2, 0.25) is 11.8 Å².